The lowest BCUT2D eigenvalue weighted by molar-refractivity contribution is -0.139. The van der Waals surface area contributed by atoms with Gasteiger partial charge in [-0.15, -0.1) is 0 Å². The van der Waals surface area contributed by atoms with Crippen LogP contribution in [0.3, 0.4) is 0 Å². The fraction of sp³-hybridized carbons (Fsp3) is 0.923. The molecule has 0 aromatic rings. The molecule has 0 radical (unpaired) electrons. The summed E-state index contributed by atoms with van der Waals surface area (Å²) in [5, 5.41) is 9.02. The number of piperidine rings is 1. The maximum Gasteiger partial charge on any atom is 0.317 e. The summed E-state index contributed by atoms with van der Waals surface area (Å²) in [6, 6.07) is 1.70. The summed E-state index contributed by atoms with van der Waals surface area (Å²) in [7, 11) is 3.87. The van der Waals surface area contributed by atoms with E-state index in [9.17, 15) is 4.79 Å². The number of fused-ring (bicyclic) bond motifs is 2. The van der Waals surface area contributed by atoms with Gasteiger partial charge in [0.25, 0.3) is 0 Å². The number of ether oxygens (including phenoxy) is 1. The van der Waals surface area contributed by atoms with Crippen molar-refractivity contribution in [1.29, 1.82) is 0 Å². The van der Waals surface area contributed by atoms with Gasteiger partial charge in [-0.25, -0.2) is 0 Å². The van der Waals surface area contributed by atoms with Crippen molar-refractivity contribution in [1.82, 2.24) is 9.80 Å². The lowest BCUT2D eigenvalue weighted by atomic mass is 9.96. The van der Waals surface area contributed by atoms with E-state index in [2.05, 4.69) is 16.8 Å². The van der Waals surface area contributed by atoms with Crippen molar-refractivity contribution < 1.29 is 14.6 Å². The monoisotopic (exact) mass is 256 g/mol. The fourth-order valence-electron chi connectivity index (χ4n) is 3.45. The average Bonchev–Trinajstić information content (AvgIpc) is 2.55. The second-order valence-electron chi connectivity index (χ2n) is 5.53. The van der Waals surface area contributed by atoms with E-state index < -0.39 is 5.97 Å². The minimum atomic E-state index is -0.739. The van der Waals surface area contributed by atoms with Crippen LogP contribution < -0.4 is 0 Å². The van der Waals surface area contributed by atoms with Crippen LogP contribution >= 0.6 is 0 Å². The smallest absolute Gasteiger partial charge is 0.317 e. The molecule has 2 heterocycles. The number of carboxylic acid groups (broad SMARTS) is 1. The Kier molecular flexibility index (Phi) is 4.59. The second-order valence-corrected chi connectivity index (χ2v) is 5.53. The van der Waals surface area contributed by atoms with Crippen molar-refractivity contribution in [3.05, 3.63) is 0 Å². The van der Waals surface area contributed by atoms with E-state index in [-0.39, 0.29) is 6.54 Å². The molecule has 1 N–H and O–H groups in total. The molecule has 2 rings (SSSR count). The van der Waals surface area contributed by atoms with Crippen LogP contribution in [0.25, 0.3) is 0 Å². The number of carboxylic acids is 1. The van der Waals surface area contributed by atoms with Crippen molar-refractivity contribution in [2.24, 2.45) is 0 Å². The number of rotatable bonds is 6. The number of aliphatic carboxylic acids is 1. The van der Waals surface area contributed by atoms with Gasteiger partial charge >= 0.3 is 5.97 Å². The second kappa shape index (κ2) is 5.99. The van der Waals surface area contributed by atoms with Gasteiger partial charge in [0.05, 0.1) is 13.2 Å². The number of hydrogen-bond donors (Lipinski definition) is 1. The van der Waals surface area contributed by atoms with E-state index in [1.54, 1.807) is 7.11 Å². The van der Waals surface area contributed by atoms with Crippen LogP contribution in [-0.2, 0) is 9.53 Å². The predicted molar refractivity (Wildman–Crippen MR) is 68.7 cm³/mol. The van der Waals surface area contributed by atoms with Crippen molar-refractivity contribution >= 4 is 5.97 Å². The van der Waals surface area contributed by atoms with E-state index in [1.165, 1.54) is 12.8 Å². The first-order chi connectivity index (χ1) is 8.61. The summed E-state index contributed by atoms with van der Waals surface area (Å²) in [5.74, 6) is -0.739. The molecule has 2 unspecified atom stereocenters. The Labute approximate surface area is 109 Å². The highest BCUT2D eigenvalue weighted by Gasteiger charge is 2.40. The Morgan fingerprint density at radius 3 is 2.50 bits per heavy atom. The Morgan fingerprint density at radius 1 is 1.39 bits per heavy atom. The SMILES string of the molecule is COCCN(CC(=O)O)C1CC2CCC(C1)N2C. The molecule has 104 valence electrons. The van der Waals surface area contributed by atoms with E-state index >= 15 is 0 Å². The zero-order chi connectivity index (χ0) is 13.1. The Hall–Kier alpha value is -0.650. The molecule has 0 aliphatic carbocycles. The molecule has 0 amide bonds. The Bertz CT molecular complexity index is 284. The van der Waals surface area contributed by atoms with Crippen molar-refractivity contribution in [3.63, 3.8) is 0 Å². The molecule has 2 fully saturated rings. The van der Waals surface area contributed by atoms with Gasteiger partial charge in [0.15, 0.2) is 0 Å². The molecule has 2 saturated heterocycles. The zero-order valence-electron chi connectivity index (χ0n) is 11.3. The van der Waals surface area contributed by atoms with E-state index in [1.807, 2.05) is 0 Å². The maximum atomic E-state index is 11.0. The van der Waals surface area contributed by atoms with Crippen molar-refractivity contribution in [3.8, 4) is 0 Å². The highest BCUT2D eigenvalue weighted by Crippen LogP contribution is 2.36. The Morgan fingerprint density at radius 2 is 2.00 bits per heavy atom. The molecule has 18 heavy (non-hydrogen) atoms. The molecule has 0 aromatic heterocycles. The number of hydrogen-bond acceptors (Lipinski definition) is 4. The molecule has 5 heteroatoms. The summed E-state index contributed by atoms with van der Waals surface area (Å²) < 4.78 is 5.09. The minimum absolute atomic E-state index is 0.136. The van der Waals surface area contributed by atoms with Gasteiger partial charge in [0.2, 0.25) is 0 Å². The standard InChI is InChI=1S/C13H24N2O3/c1-14-10-3-4-11(14)8-12(7-10)15(5-6-18-2)9-13(16)17/h10-12H,3-9H2,1-2H3,(H,16,17). The third-order valence-electron chi connectivity index (χ3n) is 4.51. The molecule has 2 aliphatic heterocycles. The van der Waals surface area contributed by atoms with Crippen molar-refractivity contribution in [2.75, 3.05) is 33.9 Å². The van der Waals surface area contributed by atoms with Crippen molar-refractivity contribution in [2.45, 2.75) is 43.8 Å². The highest BCUT2D eigenvalue weighted by molar-refractivity contribution is 5.69. The van der Waals surface area contributed by atoms with E-state index in [0.717, 1.165) is 19.4 Å². The third-order valence-corrected chi connectivity index (χ3v) is 4.51. The summed E-state index contributed by atoms with van der Waals surface area (Å²) in [6.07, 6.45) is 4.74. The van der Waals surface area contributed by atoms with E-state index in [4.69, 9.17) is 9.84 Å². The predicted octanol–water partition coefficient (Wildman–Crippen LogP) is 0.645. The van der Waals surface area contributed by atoms with Gasteiger partial charge in [-0.1, -0.05) is 0 Å². The minimum Gasteiger partial charge on any atom is -0.480 e. The van der Waals surface area contributed by atoms with Crippen LogP contribution in [0.4, 0.5) is 0 Å². The summed E-state index contributed by atoms with van der Waals surface area (Å²) >= 11 is 0. The van der Waals surface area contributed by atoms with Gasteiger partial charge in [-0.05, 0) is 32.7 Å². The van der Waals surface area contributed by atoms with Gasteiger partial charge in [-0.3, -0.25) is 9.69 Å². The van der Waals surface area contributed by atoms with Gasteiger partial charge in [-0.2, -0.15) is 0 Å². The van der Waals surface area contributed by atoms with Crippen LogP contribution in [0, 0.1) is 0 Å². The van der Waals surface area contributed by atoms with Crippen LogP contribution in [0.15, 0.2) is 0 Å². The third kappa shape index (κ3) is 3.02. The normalized spacial score (nSPS) is 32.1. The molecule has 2 aliphatic rings. The molecule has 5 nitrogen and oxygen atoms in total. The molecule has 0 aromatic carbocycles. The molecule has 2 bridgehead atoms. The van der Waals surface area contributed by atoms with Crippen LogP contribution in [0.1, 0.15) is 25.7 Å². The number of methoxy groups -OCH3 is 1. The van der Waals surface area contributed by atoms with Crippen LogP contribution in [0.5, 0.6) is 0 Å². The zero-order valence-corrected chi connectivity index (χ0v) is 11.3. The lowest BCUT2D eigenvalue weighted by Gasteiger charge is -2.41. The first-order valence-corrected chi connectivity index (χ1v) is 6.78. The average molecular weight is 256 g/mol. The van der Waals surface area contributed by atoms with Crippen LogP contribution in [0.2, 0.25) is 0 Å². The number of carbonyl (C=O) groups is 1. The first kappa shape index (κ1) is 13.8. The molecular weight excluding hydrogens is 232 g/mol. The molecule has 0 spiro atoms. The highest BCUT2D eigenvalue weighted by atomic mass is 16.5. The topological polar surface area (TPSA) is 53.0 Å². The van der Waals surface area contributed by atoms with Gasteiger partial charge in [0.1, 0.15) is 0 Å². The largest absolute Gasteiger partial charge is 0.480 e. The first-order valence-electron chi connectivity index (χ1n) is 6.78. The number of nitrogens with zero attached hydrogens (tertiary/aromatic N) is 2. The molecule has 2 atom stereocenters. The van der Waals surface area contributed by atoms with Crippen LogP contribution in [-0.4, -0.2) is 72.9 Å². The molecule has 0 saturated carbocycles. The molecular formula is C13H24N2O3. The summed E-state index contributed by atoms with van der Waals surface area (Å²) in [6.45, 7) is 1.46. The lowest BCUT2D eigenvalue weighted by Crippen LogP contribution is -2.50. The fourth-order valence-corrected chi connectivity index (χ4v) is 3.45. The van der Waals surface area contributed by atoms with Gasteiger partial charge in [0, 0.05) is 31.8 Å². The van der Waals surface area contributed by atoms with E-state index in [0.29, 0.717) is 24.7 Å². The Balaban J connectivity index is 1.96. The summed E-state index contributed by atoms with van der Waals surface area (Å²) in [5.41, 5.74) is 0. The maximum absolute atomic E-state index is 11.0. The summed E-state index contributed by atoms with van der Waals surface area (Å²) in [4.78, 5) is 15.5. The van der Waals surface area contributed by atoms with Gasteiger partial charge < -0.3 is 14.7 Å². The quantitative estimate of drug-likeness (QED) is 0.756.